The number of hydrogen-bond donors (Lipinski definition) is 3. The molecule has 1 aromatic heterocycles. The largest absolute Gasteiger partial charge is 0.478 e. The van der Waals surface area contributed by atoms with Crippen molar-refractivity contribution in [1.29, 1.82) is 0 Å². The van der Waals surface area contributed by atoms with E-state index in [0.717, 1.165) is 4.88 Å². The van der Waals surface area contributed by atoms with E-state index >= 15 is 0 Å². The minimum Gasteiger partial charge on any atom is -0.478 e. The lowest BCUT2D eigenvalue weighted by molar-refractivity contribution is 0.0518. The van der Waals surface area contributed by atoms with Crippen LogP contribution in [0.1, 0.15) is 49.9 Å². The fraction of sp³-hybridized carbons (Fsp3) is 0.625. The first-order valence-electron chi connectivity index (χ1n) is 7.59. The summed E-state index contributed by atoms with van der Waals surface area (Å²) in [5.41, 5.74) is -0.213. The third-order valence-corrected chi connectivity index (χ3v) is 4.05. The fourth-order valence-corrected chi connectivity index (χ4v) is 2.68. The van der Waals surface area contributed by atoms with Gasteiger partial charge in [0.15, 0.2) is 0 Å². The van der Waals surface area contributed by atoms with Crippen LogP contribution in [0.3, 0.4) is 0 Å². The van der Waals surface area contributed by atoms with Gasteiger partial charge < -0.3 is 20.5 Å². The minimum absolute atomic E-state index is 0.0675. The van der Waals surface area contributed by atoms with Crippen LogP contribution in [0.5, 0.6) is 0 Å². The fourth-order valence-electron chi connectivity index (χ4n) is 1.87. The van der Waals surface area contributed by atoms with Gasteiger partial charge in [-0.1, -0.05) is 13.8 Å². The molecule has 1 amide bonds. The molecule has 0 aromatic carbocycles. The van der Waals surface area contributed by atoms with Crippen molar-refractivity contribution in [2.24, 2.45) is 5.92 Å². The summed E-state index contributed by atoms with van der Waals surface area (Å²) in [6, 6.07) is 1.73. The molecule has 7 heteroatoms. The van der Waals surface area contributed by atoms with Crippen molar-refractivity contribution in [3.05, 3.63) is 21.9 Å². The molecule has 1 aromatic rings. The molecule has 1 atom stereocenters. The molecule has 1 unspecified atom stereocenters. The number of hydrogen-bond acceptors (Lipinski definition) is 5. The van der Waals surface area contributed by atoms with Gasteiger partial charge in [-0.05, 0) is 32.8 Å². The van der Waals surface area contributed by atoms with Gasteiger partial charge in [-0.15, -0.1) is 11.3 Å². The predicted octanol–water partition coefficient (Wildman–Crippen LogP) is 3.09. The molecule has 23 heavy (non-hydrogen) atoms. The summed E-state index contributed by atoms with van der Waals surface area (Å²) in [7, 11) is 0. The van der Waals surface area contributed by atoms with E-state index in [-0.39, 0.29) is 6.04 Å². The minimum atomic E-state index is -0.917. The molecular formula is C16H26N2O4S. The third-order valence-electron chi connectivity index (χ3n) is 3.11. The number of carboxylic acids is 1. The summed E-state index contributed by atoms with van der Waals surface area (Å²) in [6.45, 7) is 10.6. The van der Waals surface area contributed by atoms with E-state index in [1.54, 1.807) is 11.4 Å². The van der Waals surface area contributed by atoms with Crippen LogP contribution in [-0.4, -0.2) is 35.4 Å². The zero-order chi connectivity index (χ0) is 17.6. The number of amides is 1. The summed E-state index contributed by atoms with van der Waals surface area (Å²) in [5, 5.41) is 16.7. The lowest BCUT2D eigenvalue weighted by atomic mass is 10.0. The number of ether oxygens (including phenoxy) is 1. The Hall–Kier alpha value is -1.60. The van der Waals surface area contributed by atoms with Crippen LogP contribution >= 0.6 is 11.3 Å². The Balaban J connectivity index is 2.48. The molecule has 0 aliphatic carbocycles. The zero-order valence-electron chi connectivity index (χ0n) is 14.3. The van der Waals surface area contributed by atoms with E-state index in [9.17, 15) is 9.59 Å². The average Bonchev–Trinajstić information content (AvgIpc) is 2.85. The van der Waals surface area contributed by atoms with Gasteiger partial charge in [0.1, 0.15) is 5.60 Å². The Morgan fingerprint density at radius 1 is 1.35 bits per heavy atom. The van der Waals surface area contributed by atoms with Gasteiger partial charge in [-0.2, -0.15) is 0 Å². The zero-order valence-corrected chi connectivity index (χ0v) is 15.1. The van der Waals surface area contributed by atoms with Crippen LogP contribution in [0, 0.1) is 5.92 Å². The average molecular weight is 342 g/mol. The van der Waals surface area contributed by atoms with Crippen molar-refractivity contribution in [3.8, 4) is 0 Å². The van der Waals surface area contributed by atoms with Crippen molar-refractivity contribution in [2.75, 3.05) is 6.54 Å². The molecule has 0 saturated carbocycles. The summed E-state index contributed by atoms with van der Waals surface area (Å²) < 4.78 is 5.22. The monoisotopic (exact) mass is 342 g/mol. The molecule has 6 nitrogen and oxygen atoms in total. The highest BCUT2D eigenvalue weighted by atomic mass is 32.1. The molecule has 0 bridgehead atoms. The molecule has 0 saturated heterocycles. The van der Waals surface area contributed by atoms with Gasteiger partial charge in [0.05, 0.1) is 5.56 Å². The summed E-state index contributed by atoms with van der Waals surface area (Å²) >= 11 is 1.41. The topological polar surface area (TPSA) is 87.7 Å². The maximum Gasteiger partial charge on any atom is 0.407 e. The molecule has 1 rings (SSSR count). The quantitative estimate of drug-likeness (QED) is 0.709. The number of carbonyl (C=O) groups excluding carboxylic acids is 1. The highest BCUT2D eigenvalue weighted by Gasteiger charge is 2.19. The Morgan fingerprint density at radius 3 is 2.48 bits per heavy atom. The number of rotatable bonds is 7. The SMILES string of the molecule is CC(C)C(CNC(=O)OC(C)(C)C)NCc1cc(C(=O)O)cs1. The Bertz CT molecular complexity index is 534. The second kappa shape index (κ2) is 8.31. The number of carboxylic acid groups (broad SMARTS) is 1. The Labute approximate surface area is 141 Å². The van der Waals surface area contributed by atoms with Gasteiger partial charge in [-0.25, -0.2) is 9.59 Å². The van der Waals surface area contributed by atoms with Gasteiger partial charge in [0.2, 0.25) is 0 Å². The van der Waals surface area contributed by atoms with Gasteiger partial charge in [0, 0.05) is 29.4 Å². The molecule has 0 spiro atoms. The predicted molar refractivity (Wildman–Crippen MR) is 91.0 cm³/mol. The van der Waals surface area contributed by atoms with E-state index in [1.807, 2.05) is 20.8 Å². The maximum atomic E-state index is 11.7. The molecule has 0 radical (unpaired) electrons. The van der Waals surface area contributed by atoms with Crippen LogP contribution in [0.15, 0.2) is 11.4 Å². The normalized spacial score (nSPS) is 13.0. The van der Waals surface area contributed by atoms with Gasteiger partial charge >= 0.3 is 12.1 Å². The number of thiophene rings is 1. The molecule has 130 valence electrons. The summed E-state index contributed by atoms with van der Waals surface area (Å²) in [6.07, 6.45) is -0.436. The molecule has 0 aliphatic heterocycles. The maximum absolute atomic E-state index is 11.7. The second-order valence-corrected chi connectivity index (χ2v) is 7.72. The lowest BCUT2D eigenvalue weighted by Gasteiger charge is -2.24. The number of alkyl carbamates (subject to hydrolysis) is 1. The van der Waals surface area contributed by atoms with Crippen LogP contribution < -0.4 is 10.6 Å². The highest BCUT2D eigenvalue weighted by molar-refractivity contribution is 7.10. The Morgan fingerprint density at radius 2 is 2.00 bits per heavy atom. The number of aromatic carboxylic acids is 1. The molecular weight excluding hydrogens is 316 g/mol. The standard InChI is InChI=1S/C16H26N2O4S/c1-10(2)13(8-18-15(21)22-16(3,4)5)17-7-12-6-11(9-23-12)14(19)20/h6,9-10,13,17H,7-8H2,1-5H3,(H,18,21)(H,19,20). The first-order valence-corrected chi connectivity index (χ1v) is 8.47. The first kappa shape index (κ1) is 19.4. The number of carbonyl (C=O) groups is 2. The first-order chi connectivity index (χ1) is 10.6. The van der Waals surface area contributed by atoms with Crippen molar-refractivity contribution >= 4 is 23.4 Å². The molecule has 0 fully saturated rings. The van der Waals surface area contributed by atoms with Crippen molar-refractivity contribution in [1.82, 2.24) is 10.6 Å². The van der Waals surface area contributed by atoms with Crippen molar-refractivity contribution in [3.63, 3.8) is 0 Å². The molecule has 1 heterocycles. The highest BCUT2D eigenvalue weighted by Crippen LogP contribution is 2.15. The smallest absolute Gasteiger partial charge is 0.407 e. The van der Waals surface area contributed by atoms with E-state index in [4.69, 9.17) is 9.84 Å². The summed E-state index contributed by atoms with van der Waals surface area (Å²) in [5.74, 6) is -0.608. The van der Waals surface area contributed by atoms with Gasteiger partial charge in [0.25, 0.3) is 0 Å². The van der Waals surface area contributed by atoms with E-state index < -0.39 is 17.7 Å². The van der Waals surface area contributed by atoms with Crippen LogP contribution in [0.25, 0.3) is 0 Å². The van der Waals surface area contributed by atoms with Crippen molar-refractivity contribution in [2.45, 2.75) is 52.8 Å². The lowest BCUT2D eigenvalue weighted by Crippen LogP contribution is -2.45. The summed E-state index contributed by atoms with van der Waals surface area (Å²) in [4.78, 5) is 23.5. The number of nitrogens with one attached hydrogen (secondary N) is 2. The third kappa shape index (κ3) is 7.47. The van der Waals surface area contributed by atoms with Crippen molar-refractivity contribution < 1.29 is 19.4 Å². The molecule has 3 N–H and O–H groups in total. The van der Waals surface area contributed by atoms with Crippen LogP contribution in [0.2, 0.25) is 0 Å². The van der Waals surface area contributed by atoms with Crippen LogP contribution in [0.4, 0.5) is 4.79 Å². The van der Waals surface area contributed by atoms with E-state index in [0.29, 0.717) is 24.6 Å². The Kier molecular flexibility index (Phi) is 7.02. The van der Waals surface area contributed by atoms with Gasteiger partial charge in [-0.3, -0.25) is 0 Å². The van der Waals surface area contributed by atoms with E-state index in [1.165, 1.54) is 11.3 Å². The molecule has 0 aliphatic rings. The second-order valence-electron chi connectivity index (χ2n) is 6.72. The van der Waals surface area contributed by atoms with E-state index in [2.05, 4.69) is 24.5 Å². The van der Waals surface area contributed by atoms with Crippen LogP contribution in [-0.2, 0) is 11.3 Å².